The molecule has 8 heteroatoms. The van der Waals surface area contributed by atoms with Crippen LogP contribution in [0.1, 0.15) is 24.5 Å². The molecule has 0 saturated heterocycles. The van der Waals surface area contributed by atoms with Crippen molar-refractivity contribution in [3.05, 3.63) is 46.8 Å². The van der Waals surface area contributed by atoms with Crippen LogP contribution in [0.2, 0.25) is 0 Å². The number of ether oxygens (including phenoxy) is 2. The van der Waals surface area contributed by atoms with Gasteiger partial charge in [0.15, 0.2) is 6.61 Å². The molecule has 29 heavy (non-hydrogen) atoms. The molecule has 0 aliphatic carbocycles. The van der Waals surface area contributed by atoms with E-state index in [1.165, 1.54) is 0 Å². The molecule has 0 aliphatic rings. The summed E-state index contributed by atoms with van der Waals surface area (Å²) in [6.07, 6.45) is -0.274. The van der Waals surface area contributed by atoms with Crippen molar-refractivity contribution in [1.82, 2.24) is 10.3 Å². The van der Waals surface area contributed by atoms with Gasteiger partial charge in [0, 0.05) is 17.3 Å². The summed E-state index contributed by atoms with van der Waals surface area (Å²) in [7, 11) is 0. The lowest BCUT2D eigenvalue weighted by Gasteiger charge is -2.07. The van der Waals surface area contributed by atoms with E-state index in [4.69, 9.17) is 4.74 Å². The second-order valence-electron chi connectivity index (χ2n) is 6.43. The van der Waals surface area contributed by atoms with Crippen LogP contribution in [-0.2, 0) is 25.5 Å². The van der Waals surface area contributed by atoms with Gasteiger partial charge in [-0.25, -0.2) is 4.79 Å². The first-order chi connectivity index (χ1) is 14.0. The summed E-state index contributed by atoms with van der Waals surface area (Å²) in [4.78, 5) is 39.4. The third-order valence-electron chi connectivity index (χ3n) is 4.29. The molecule has 7 nitrogen and oxygen atoms in total. The summed E-state index contributed by atoms with van der Waals surface area (Å²) in [5.41, 5.74) is 4.18. The number of carbonyl (C=O) groups is 3. The Hall–Kier alpha value is -3.13. The highest BCUT2D eigenvalue weighted by Crippen LogP contribution is 2.34. The molecule has 3 rings (SSSR count). The Bertz CT molecular complexity index is 1020. The van der Waals surface area contributed by atoms with Crippen molar-refractivity contribution >= 4 is 40.2 Å². The lowest BCUT2D eigenvalue weighted by atomic mass is 10.0. The van der Waals surface area contributed by atoms with Crippen LogP contribution in [0.15, 0.2) is 35.7 Å². The number of hydrogen-bond donors (Lipinski definition) is 2. The zero-order valence-electron chi connectivity index (χ0n) is 16.2. The van der Waals surface area contributed by atoms with E-state index in [1.54, 1.807) is 18.3 Å². The van der Waals surface area contributed by atoms with Crippen LogP contribution in [0.25, 0.3) is 21.5 Å². The monoisotopic (exact) mass is 414 g/mol. The summed E-state index contributed by atoms with van der Waals surface area (Å²) >= 11 is 1.62. The Morgan fingerprint density at radius 2 is 2.00 bits per heavy atom. The standard InChI is InChI=1S/C21H22N2O5S/c1-3-27-21(26)23-18(24)12-28-19(25)9-7-14-15-11-13(2)6-8-16(15)22-20(14)17-5-4-10-29-17/h4-6,8,10-11,22H,3,7,9,12H2,1-2H3,(H,23,24,26). The number of aromatic amines is 1. The van der Waals surface area contributed by atoms with Crippen molar-refractivity contribution in [2.45, 2.75) is 26.7 Å². The molecule has 152 valence electrons. The van der Waals surface area contributed by atoms with Gasteiger partial charge in [0.1, 0.15) is 0 Å². The van der Waals surface area contributed by atoms with Crippen LogP contribution in [0, 0.1) is 6.92 Å². The maximum Gasteiger partial charge on any atom is 0.413 e. The number of aromatic nitrogens is 1. The molecule has 0 unspecified atom stereocenters. The number of carbonyl (C=O) groups excluding carboxylic acids is 3. The summed E-state index contributed by atoms with van der Waals surface area (Å²) < 4.78 is 9.58. The molecular formula is C21H22N2O5S. The first-order valence-corrected chi connectivity index (χ1v) is 10.1. The Morgan fingerprint density at radius 1 is 1.17 bits per heavy atom. The first-order valence-electron chi connectivity index (χ1n) is 9.25. The summed E-state index contributed by atoms with van der Waals surface area (Å²) in [6.45, 7) is 3.27. The molecule has 2 amide bonds. The molecule has 0 saturated carbocycles. The number of benzene rings is 1. The largest absolute Gasteiger partial charge is 0.456 e. The van der Waals surface area contributed by atoms with Crippen molar-refractivity contribution < 1.29 is 23.9 Å². The lowest BCUT2D eigenvalue weighted by molar-refractivity contribution is -0.148. The minimum atomic E-state index is -0.858. The molecule has 3 aromatic rings. The SMILES string of the molecule is CCOC(=O)NC(=O)COC(=O)CCc1c(-c2cccs2)[nH]c2ccc(C)cc12. The molecule has 1 aromatic carbocycles. The van der Waals surface area contributed by atoms with E-state index >= 15 is 0 Å². The van der Waals surface area contributed by atoms with Gasteiger partial charge in [-0.2, -0.15) is 0 Å². The maximum atomic E-state index is 12.1. The average Bonchev–Trinajstić information content (AvgIpc) is 3.32. The number of imide groups is 1. The zero-order valence-corrected chi connectivity index (χ0v) is 17.1. The van der Waals surface area contributed by atoms with Gasteiger partial charge in [-0.15, -0.1) is 11.3 Å². The number of amides is 2. The summed E-state index contributed by atoms with van der Waals surface area (Å²) in [5, 5.41) is 5.06. The minimum Gasteiger partial charge on any atom is -0.456 e. The fraction of sp³-hybridized carbons (Fsp3) is 0.286. The number of hydrogen-bond acceptors (Lipinski definition) is 6. The quantitative estimate of drug-likeness (QED) is 0.571. The average molecular weight is 414 g/mol. The molecule has 2 aromatic heterocycles. The fourth-order valence-corrected chi connectivity index (χ4v) is 3.77. The number of esters is 1. The van der Waals surface area contributed by atoms with E-state index in [0.29, 0.717) is 6.42 Å². The smallest absolute Gasteiger partial charge is 0.413 e. The molecule has 0 atom stereocenters. The van der Waals surface area contributed by atoms with Gasteiger partial charge >= 0.3 is 12.1 Å². The van der Waals surface area contributed by atoms with Gasteiger partial charge < -0.3 is 14.5 Å². The van der Waals surface area contributed by atoms with Gasteiger partial charge in [-0.3, -0.25) is 14.9 Å². The number of thiophene rings is 1. The molecule has 0 spiro atoms. The van der Waals surface area contributed by atoms with E-state index in [2.05, 4.69) is 15.8 Å². The van der Waals surface area contributed by atoms with Crippen LogP contribution in [0.4, 0.5) is 4.79 Å². The van der Waals surface area contributed by atoms with Gasteiger partial charge in [0.05, 0.1) is 17.2 Å². The first kappa shape index (κ1) is 20.6. The van der Waals surface area contributed by atoms with Gasteiger partial charge in [-0.1, -0.05) is 17.7 Å². The number of alkyl carbamates (subject to hydrolysis) is 1. The second-order valence-corrected chi connectivity index (χ2v) is 7.38. The summed E-state index contributed by atoms with van der Waals surface area (Å²) in [5.74, 6) is -1.23. The second kappa shape index (κ2) is 9.38. The third kappa shape index (κ3) is 5.23. The molecule has 2 N–H and O–H groups in total. The number of aryl methyl sites for hydroxylation is 2. The van der Waals surface area contributed by atoms with Crippen LogP contribution in [0.5, 0.6) is 0 Å². The van der Waals surface area contributed by atoms with E-state index in [1.807, 2.05) is 41.9 Å². The molecule has 0 fully saturated rings. The minimum absolute atomic E-state index is 0.117. The Labute approximate surface area is 172 Å². The van der Waals surface area contributed by atoms with Crippen LogP contribution in [-0.4, -0.2) is 36.2 Å². The molecule has 2 heterocycles. The normalized spacial score (nSPS) is 10.7. The highest BCUT2D eigenvalue weighted by molar-refractivity contribution is 7.13. The predicted molar refractivity (Wildman–Crippen MR) is 111 cm³/mol. The third-order valence-corrected chi connectivity index (χ3v) is 5.18. The predicted octanol–water partition coefficient (Wildman–Crippen LogP) is 3.95. The lowest BCUT2D eigenvalue weighted by Crippen LogP contribution is -2.34. The highest BCUT2D eigenvalue weighted by atomic mass is 32.1. The van der Waals surface area contributed by atoms with Gasteiger partial charge in [0.25, 0.3) is 5.91 Å². The van der Waals surface area contributed by atoms with E-state index in [0.717, 1.165) is 32.6 Å². The summed E-state index contributed by atoms with van der Waals surface area (Å²) in [6, 6.07) is 10.2. The Balaban J connectivity index is 1.66. The van der Waals surface area contributed by atoms with Crippen molar-refractivity contribution in [2.24, 2.45) is 0 Å². The topological polar surface area (TPSA) is 97.5 Å². The van der Waals surface area contributed by atoms with Crippen LogP contribution in [0.3, 0.4) is 0 Å². The van der Waals surface area contributed by atoms with Crippen LogP contribution < -0.4 is 5.32 Å². The number of rotatable bonds is 7. The number of H-pyrrole nitrogens is 1. The highest BCUT2D eigenvalue weighted by Gasteiger charge is 2.17. The molecule has 0 aliphatic heterocycles. The van der Waals surface area contributed by atoms with Crippen molar-refractivity contribution in [3.8, 4) is 10.6 Å². The Kier molecular flexibility index (Phi) is 6.66. The van der Waals surface area contributed by atoms with Gasteiger partial charge in [-0.05, 0) is 49.4 Å². The van der Waals surface area contributed by atoms with E-state index in [9.17, 15) is 14.4 Å². The van der Waals surface area contributed by atoms with Crippen molar-refractivity contribution in [1.29, 1.82) is 0 Å². The molecule has 0 bridgehead atoms. The van der Waals surface area contributed by atoms with Gasteiger partial charge in [0.2, 0.25) is 0 Å². The van der Waals surface area contributed by atoms with Crippen molar-refractivity contribution in [3.63, 3.8) is 0 Å². The van der Waals surface area contributed by atoms with E-state index in [-0.39, 0.29) is 13.0 Å². The zero-order chi connectivity index (χ0) is 20.8. The Morgan fingerprint density at radius 3 is 2.72 bits per heavy atom. The maximum absolute atomic E-state index is 12.1. The van der Waals surface area contributed by atoms with E-state index < -0.39 is 24.6 Å². The fourth-order valence-electron chi connectivity index (χ4n) is 3.01. The van der Waals surface area contributed by atoms with Crippen molar-refractivity contribution in [2.75, 3.05) is 13.2 Å². The van der Waals surface area contributed by atoms with Crippen LogP contribution >= 0.6 is 11.3 Å². The number of fused-ring (bicyclic) bond motifs is 1. The molecule has 0 radical (unpaired) electrons. The molecular weight excluding hydrogens is 392 g/mol. The number of nitrogens with one attached hydrogen (secondary N) is 2.